The number of nitrogens with one attached hydrogen (secondary N) is 1. The molecule has 4 heteroatoms. The second-order valence-corrected chi connectivity index (χ2v) is 6.01. The Morgan fingerprint density at radius 1 is 1.00 bits per heavy atom. The molecule has 122 valence electrons. The third kappa shape index (κ3) is 3.23. The summed E-state index contributed by atoms with van der Waals surface area (Å²) in [5.41, 5.74) is 5.11. The van der Waals surface area contributed by atoms with E-state index in [9.17, 15) is 4.79 Å². The first-order valence-corrected chi connectivity index (χ1v) is 7.81. The summed E-state index contributed by atoms with van der Waals surface area (Å²) in [5.74, 6) is 0.601. The maximum Gasteiger partial charge on any atom is 0.257 e. The fourth-order valence-corrected chi connectivity index (χ4v) is 2.85. The van der Waals surface area contributed by atoms with Gasteiger partial charge in [-0.05, 0) is 62.2 Å². The van der Waals surface area contributed by atoms with Gasteiger partial charge < -0.3 is 10.1 Å². The van der Waals surface area contributed by atoms with Gasteiger partial charge in [-0.1, -0.05) is 6.07 Å². The summed E-state index contributed by atoms with van der Waals surface area (Å²) in [6.45, 7) is 5.87. The number of methoxy groups -OCH3 is 1. The molecule has 3 rings (SSSR count). The third-order valence-electron chi connectivity index (χ3n) is 3.94. The summed E-state index contributed by atoms with van der Waals surface area (Å²) >= 11 is 0. The maximum absolute atomic E-state index is 12.6. The highest BCUT2D eigenvalue weighted by atomic mass is 16.5. The number of hydrogen-bond donors (Lipinski definition) is 1. The number of carbonyl (C=O) groups is 1. The Labute approximate surface area is 141 Å². The van der Waals surface area contributed by atoms with Gasteiger partial charge in [0.25, 0.3) is 5.91 Å². The van der Waals surface area contributed by atoms with Crippen molar-refractivity contribution in [2.45, 2.75) is 20.8 Å². The van der Waals surface area contributed by atoms with Crippen molar-refractivity contribution in [3.63, 3.8) is 0 Å². The molecule has 0 fully saturated rings. The predicted molar refractivity (Wildman–Crippen MR) is 96.9 cm³/mol. The van der Waals surface area contributed by atoms with Crippen molar-refractivity contribution in [2.24, 2.45) is 0 Å². The number of carbonyl (C=O) groups excluding carboxylic acids is 1. The van der Waals surface area contributed by atoms with Crippen LogP contribution in [-0.4, -0.2) is 18.0 Å². The van der Waals surface area contributed by atoms with Crippen molar-refractivity contribution in [1.82, 2.24) is 4.98 Å². The van der Waals surface area contributed by atoms with E-state index >= 15 is 0 Å². The third-order valence-corrected chi connectivity index (χ3v) is 3.94. The van der Waals surface area contributed by atoms with Crippen molar-refractivity contribution in [2.75, 3.05) is 12.4 Å². The van der Waals surface area contributed by atoms with Crippen LogP contribution in [0.4, 0.5) is 5.69 Å². The fraction of sp³-hybridized carbons (Fsp3) is 0.200. The van der Waals surface area contributed by atoms with Gasteiger partial charge in [0.15, 0.2) is 0 Å². The van der Waals surface area contributed by atoms with E-state index in [1.54, 1.807) is 7.11 Å². The molecule has 0 saturated carbocycles. The Morgan fingerprint density at radius 2 is 1.71 bits per heavy atom. The standard InChI is InChI=1S/C20H20N2O2/c1-12-7-13(2)9-16(8-12)22-20(23)18-10-15-5-6-17(24-4)11-19(15)21-14(18)3/h5-11H,1-4H3,(H,22,23). The molecule has 0 aliphatic heterocycles. The zero-order chi connectivity index (χ0) is 17.3. The van der Waals surface area contributed by atoms with E-state index in [2.05, 4.69) is 16.4 Å². The minimum atomic E-state index is -0.150. The number of benzene rings is 2. The smallest absolute Gasteiger partial charge is 0.257 e. The summed E-state index contributed by atoms with van der Waals surface area (Å²) in [5, 5.41) is 3.87. The van der Waals surface area contributed by atoms with Gasteiger partial charge in [0.05, 0.1) is 23.9 Å². The molecular weight excluding hydrogens is 300 g/mol. The Kier molecular flexibility index (Phi) is 4.21. The molecule has 0 saturated heterocycles. The van der Waals surface area contributed by atoms with Gasteiger partial charge >= 0.3 is 0 Å². The van der Waals surface area contributed by atoms with E-state index in [-0.39, 0.29) is 5.91 Å². The Morgan fingerprint density at radius 3 is 2.38 bits per heavy atom. The second-order valence-electron chi connectivity index (χ2n) is 6.01. The Bertz CT molecular complexity index is 912. The van der Waals surface area contributed by atoms with Crippen LogP contribution in [0.2, 0.25) is 0 Å². The highest BCUT2D eigenvalue weighted by molar-refractivity contribution is 6.06. The Hall–Kier alpha value is -2.88. The largest absolute Gasteiger partial charge is 0.497 e. The fourth-order valence-electron chi connectivity index (χ4n) is 2.85. The average Bonchev–Trinajstić information content (AvgIpc) is 2.52. The average molecular weight is 320 g/mol. The van der Waals surface area contributed by atoms with Crippen LogP contribution in [0, 0.1) is 20.8 Å². The lowest BCUT2D eigenvalue weighted by molar-refractivity contribution is 0.102. The molecule has 4 nitrogen and oxygen atoms in total. The van der Waals surface area contributed by atoms with E-state index in [4.69, 9.17) is 4.74 Å². The lowest BCUT2D eigenvalue weighted by Gasteiger charge is -2.11. The van der Waals surface area contributed by atoms with E-state index in [0.29, 0.717) is 11.3 Å². The van der Waals surface area contributed by atoms with Gasteiger partial charge in [0.2, 0.25) is 0 Å². The molecule has 1 aromatic heterocycles. The summed E-state index contributed by atoms with van der Waals surface area (Å²) in [4.78, 5) is 17.2. The first kappa shape index (κ1) is 16.0. The van der Waals surface area contributed by atoms with Crippen molar-refractivity contribution in [3.8, 4) is 5.75 Å². The summed E-state index contributed by atoms with van der Waals surface area (Å²) in [6, 6.07) is 13.5. The lowest BCUT2D eigenvalue weighted by atomic mass is 10.1. The number of ether oxygens (including phenoxy) is 1. The molecule has 1 amide bonds. The van der Waals surface area contributed by atoms with Gasteiger partial charge in [-0.15, -0.1) is 0 Å². The number of aryl methyl sites for hydroxylation is 3. The number of pyridine rings is 1. The number of aromatic nitrogens is 1. The molecule has 3 aromatic rings. The van der Waals surface area contributed by atoms with Crippen molar-refractivity contribution >= 4 is 22.5 Å². The number of rotatable bonds is 3. The van der Waals surface area contributed by atoms with Crippen LogP contribution in [0.15, 0.2) is 42.5 Å². The molecule has 0 bridgehead atoms. The number of amides is 1. The van der Waals surface area contributed by atoms with Crippen LogP contribution in [0.3, 0.4) is 0 Å². The van der Waals surface area contributed by atoms with Gasteiger partial charge in [-0.2, -0.15) is 0 Å². The van der Waals surface area contributed by atoms with Crippen LogP contribution in [0.25, 0.3) is 10.9 Å². The van der Waals surface area contributed by atoms with Crippen LogP contribution >= 0.6 is 0 Å². The highest BCUT2D eigenvalue weighted by Crippen LogP contribution is 2.23. The second kappa shape index (κ2) is 6.32. The molecule has 0 radical (unpaired) electrons. The number of fused-ring (bicyclic) bond motifs is 1. The van der Waals surface area contributed by atoms with E-state index in [0.717, 1.165) is 33.5 Å². The van der Waals surface area contributed by atoms with E-state index in [1.807, 2.05) is 57.2 Å². The quantitative estimate of drug-likeness (QED) is 0.777. The van der Waals surface area contributed by atoms with Crippen LogP contribution in [0.1, 0.15) is 27.2 Å². The van der Waals surface area contributed by atoms with E-state index < -0.39 is 0 Å². The van der Waals surface area contributed by atoms with Gasteiger partial charge in [-0.3, -0.25) is 9.78 Å². The van der Waals surface area contributed by atoms with E-state index in [1.165, 1.54) is 0 Å². The van der Waals surface area contributed by atoms with Gasteiger partial charge in [-0.25, -0.2) is 0 Å². The molecule has 0 aliphatic carbocycles. The number of hydrogen-bond acceptors (Lipinski definition) is 3. The minimum absolute atomic E-state index is 0.150. The molecule has 0 unspecified atom stereocenters. The molecular formula is C20H20N2O2. The molecule has 0 spiro atoms. The summed E-state index contributed by atoms with van der Waals surface area (Å²) in [6.07, 6.45) is 0. The Balaban J connectivity index is 1.95. The molecule has 0 aliphatic rings. The molecule has 1 heterocycles. The first-order valence-electron chi connectivity index (χ1n) is 7.81. The zero-order valence-corrected chi connectivity index (χ0v) is 14.3. The molecule has 24 heavy (non-hydrogen) atoms. The molecule has 1 N–H and O–H groups in total. The van der Waals surface area contributed by atoms with Crippen molar-refractivity contribution in [1.29, 1.82) is 0 Å². The normalized spacial score (nSPS) is 10.7. The number of nitrogens with zero attached hydrogens (tertiary/aromatic N) is 1. The SMILES string of the molecule is COc1ccc2cc(C(=O)Nc3cc(C)cc(C)c3)c(C)nc2c1. The topological polar surface area (TPSA) is 51.2 Å². The van der Waals surface area contributed by atoms with Crippen LogP contribution < -0.4 is 10.1 Å². The monoisotopic (exact) mass is 320 g/mol. The lowest BCUT2D eigenvalue weighted by Crippen LogP contribution is -2.14. The van der Waals surface area contributed by atoms with Gasteiger partial charge in [0, 0.05) is 17.1 Å². The summed E-state index contributed by atoms with van der Waals surface area (Å²) < 4.78 is 5.22. The summed E-state index contributed by atoms with van der Waals surface area (Å²) in [7, 11) is 1.62. The van der Waals surface area contributed by atoms with Crippen molar-refractivity contribution < 1.29 is 9.53 Å². The van der Waals surface area contributed by atoms with Crippen LogP contribution in [-0.2, 0) is 0 Å². The predicted octanol–water partition coefficient (Wildman–Crippen LogP) is 4.42. The van der Waals surface area contributed by atoms with Gasteiger partial charge in [0.1, 0.15) is 5.75 Å². The molecule has 2 aromatic carbocycles. The first-order chi connectivity index (χ1) is 11.5. The highest BCUT2D eigenvalue weighted by Gasteiger charge is 2.13. The van der Waals surface area contributed by atoms with Crippen LogP contribution in [0.5, 0.6) is 5.75 Å². The molecule has 0 atom stereocenters. The maximum atomic E-state index is 12.6. The minimum Gasteiger partial charge on any atom is -0.497 e. The van der Waals surface area contributed by atoms with Crippen molar-refractivity contribution in [3.05, 3.63) is 64.8 Å². The zero-order valence-electron chi connectivity index (χ0n) is 14.3. The number of anilines is 1.